The Bertz CT molecular complexity index is 1110. The number of fused-ring (bicyclic) bond motifs is 1. The van der Waals surface area contributed by atoms with Crippen LogP contribution in [0.3, 0.4) is 0 Å². The maximum Gasteiger partial charge on any atom is 0.325 e. The van der Waals surface area contributed by atoms with Gasteiger partial charge in [-0.1, -0.05) is 18.2 Å². The number of rotatable bonds is 5. The van der Waals surface area contributed by atoms with Gasteiger partial charge in [-0.05, 0) is 69.2 Å². The van der Waals surface area contributed by atoms with E-state index in [2.05, 4.69) is 10.3 Å². The van der Waals surface area contributed by atoms with Crippen LogP contribution in [-0.4, -0.2) is 39.9 Å². The van der Waals surface area contributed by atoms with Gasteiger partial charge in [0.05, 0.1) is 12.2 Å². The van der Waals surface area contributed by atoms with Crippen LogP contribution in [0.2, 0.25) is 0 Å². The Morgan fingerprint density at radius 1 is 1.13 bits per heavy atom. The van der Waals surface area contributed by atoms with Gasteiger partial charge in [-0.25, -0.2) is 4.79 Å². The number of nitrogens with one attached hydrogen (secondary N) is 2. The number of benzene rings is 1. The Morgan fingerprint density at radius 3 is 2.50 bits per heavy atom. The predicted molar refractivity (Wildman–Crippen MR) is 111 cm³/mol. The normalized spacial score (nSPS) is 20.5. The molecule has 1 aliphatic heterocycles. The zero-order valence-electron chi connectivity index (χ0n) is 17.6. The molecule has 1 saturated heterocycles. The number of nitrogens with zero attached hydrogens (tertiary/aromatic N) is 1. The lowest BCUT2D eigenvalue weighted by atomic mass is 9.89. The highest BCUT2D eigenvalue weighted by molar-refractivity contribution is 6.12. The molecule has 7 heteroatoms. The van der Waals surface area contributed by atoms with Crippen molar-refractivity contribution in [1.29, 1.82) is 0 Å². The molecule has 156 valence electrons. The highest BCUT2D eigenvalue weighted by Gasteiger charge is 2.49. The Kier molecular flexibility index (Phi) is 4.64. The van der Waals surface area contributed by atoms with Crippen LogP contribution in [0.5, 0.6) is 0 Å². The van der Waals surface area contributed by atoms with Gasteiger partial charge >= 0.3 is 6.03 Å². The van der Waals surface area contributed by atoms with Crippen molar-refractivity contribution in [3.05, 3.63) is 57.4 Å². The van der Waals surface area contributed by atoms with E-state index in [-0.39, 0.29) is 18.0 Å². The molecule has 2 aromatic rings. The highest BCUT2D eigenvalue weighted by atomic mass is 16.2. The molecule has 30 heavy (non-hydrogen) atoms. The lowest BCUT2D eigenvalue weighted by Gasteiger charge is -2.23. The first-order valence-electron chi connectivity index (χ1n) is 10.1. The Balaban J connectivity index is 1.60. The molecule has 0 bridgehead atoms. The predicted octanol–water partition coefficient (Wildman–Crippen LogP) is 2.97. The lowest BCUT2D eigenvalue weighted by Crippen LogP contribution is -2.41. The van der Waals surface area contributed by atoms with Crippen molar-refractivity contribution in [1.82, 2.24) is 15.2 Å². The van der Waals surface area contributed by atoms with E-state index in [0.717, 1.165) is 29.7 Å². The van der Waals surface area contributed by atoms with E-state index in [0.29, 0.717) is 16.8 Å². The number of aryl methyl sites for hydroxylation is 3. The van der Waals surface area contributed by atoms with E-state index in [1.165, 1.54) is 18.1 Å². The Labute approximate surface area is 174 Å². The van der Waals surface area contributed by atoms with Crippen LogP contribution in [-0.2, 0) is 23.2 Å². The number of H-pyrrole nitrogens is 1. The molecule has 2 heterocycles. The molecule has 7 nitrogen and oxygen atoms in total. The minimum atomic E-state index is -1.21. The highest BCUT2D eigenvalue weighted by Crippen LogP contribution is 2.33. The molecule has 0 radical (unpaired) electrons. The number of imide groups is 1. The fraction of sp³-hybridized carbons (Fsp3) is 0.391. The van der Waals surface area contributed by atoms with Crippen LogP contribution >= 0.6 is 0 Å². The van der Waals surface area contributed by atoms with E-state index in [9.17, 15) is 19.2 Å². The van der Waals surface area contributed by atoms with Crippen LogP contribution < -0.4 is 5.32 Å². The molecule has 2 N–H and O–H groups in total. The molecular formula is C23H25N3O4. The average molecular weight is 407 g/mol. The number of Topliss-reactive ketones (excluding diaryl/α,β-unsaturated/α-hetero) is 2. The van der Waals surface area contributed by atoms with E-state index < -0.39 is 23.3 Å². The number of carbonyl (C=O) groups is 4. The Hall–Kier alpha value is -3.22. The van der Waals surface area contributed by atoms with E-state index >= 15 is 0 Å². The topological polar surface area (TPSA) is 99.3 Å². The van der Waals surface area contributed by atoms with Crippen molar-refractivity contribution in [2.75, 3.05) is 6.54 Å². The molecule has 1 aromatic heterocycles. The van der Waals surface area contributed by atoms with E-state index in [4.69, 9.17) is 0 Å². The van der Waals surface area contributed by atoms with Gasteiger partial charge in [-0.15, -0.1) is 0 Å². The molecule has 1 aliphatic carbocycles. The van der Waals surface area contributed by atoms with E-state index in [1.54, 1.807) is 20.8 Å². The largest absolute Gasteiger partial charge is 0.355 e. The molecular weight excluding hydrogens is 382 g/mol. The van der Waals surface area contributed by atoms with Gasteiger partial charge in [-0.3, -0.25) is 19.3 Å². The number of hydrogen-bond donors (Lipinski definition) is 2. The van der Waals surface area contributed by atoms with Crippen LogP contribution in [0.25, 0.3) is 0 Å². The summed E-state index contributed by atoms with van der Waals surface area (Å²) in [5, 5.41) is 2.76. The molecule has 2 aliphatic rings. The summed E-state index contributed by atoms with van der Waals surface area (Å²) in [6.07, 6.45) is 3.09. The molecule has 0 spiro atoms. The van der Waals surface area contributed by atoms with Gasteiger partial charge in [0.15, 0.2) is 11.6 Å². The van der Waals surface area contributed by atoms with Crippen LogP contribution in [0.1, 0.15) is 69.1 Å². The van der Waals surface area contributed by atoms with Crippen molar-refractivity contribution in [2.24, 2.45) is 0 Å². The average Bonchev–Trinajstić information content (AvgIpc) is 3.33. The molecule has 3 amide bonds. The maximum absolute atomic E-state index is 13.2. The third kappa shape index (κ3) is 2.96. The number of hydrogen-bond acceptors (Lipinski definition) is 4. The minimum Gasteiger partial charge on any atom is -0.355 e. The first kappa shape index (κ1) is 20.1. The fourth-order valence-corrected chi connectivity index (χ4v) is 4.70. The molecule has 4 rings (SSSR count). The van der Waals surface area contributed by atoms with E-state index in [1.807, 2.05) is 18.2 Å². The van der Waals surface area contributed by atoms with Crippen molar-refractivity contribution in [2.45, 2.75) is 52.5 Å². The summed E-state index contributed by atoms with van der Waals surface area (Å²) >= 11 is 0. The summed E-state index contributed by atoms with van der Waals surface area (Å²) in [7, 11) is 0. The van der Waals surface area contributed by atoms with Gasteiger partial charge < -0.3 is 10.3 Å². The van der Waals surface area contributed by atoms with Crippen molar-refractivity contribution in [3.63, 3.8) is 0 Å². The first-order chi connectivity index (χ1) is 14.1. The smallest absolute Gasteiger partial charge is 0.325 e. The fourth-order valence-electron chi connectivity index (χ4n) is 4.70. The van der Waals surface area contributed by atoms with Crippen LogP contribution in [0.15, 0.2) is 18.2 Å². The minimum absolute atomic E-state index is 0.139. The molecule has 1 fully saturated rings. The molecule has 0 saturated carbocycles. The third-order valence-electron chi connectivity index (χ3n) is 6.32. The number of ketones is 2. The summed E-state index contributed by atoms with van der Waals surface area (Å²) < 4.78 is 0. The lowest BCUT2D eigenvalue weighted by molar-refractivity contribution is -0.130. The molecule has 1 aromatic carbocycles. The Morgan fingerprint density at radius 2 is 1.83 bits per heavy atom. The zero-order chi connectivity index (χ0) is 21.8. The second-order valence-electron chi connectivity index (χ2n) is 8.39. The summed E-state index contributed by atoms with van der Waals surface area (Å²) in [5.74, 6) is -1.00. The van der Waals surface area contributed by atoms with Gasteiger partial charge in [0.25, 0.3) is 5.91 Å². The summed E-state index contributed by atoms with van der Waals surface area (Å²) in [4.78, 5) is 54.4. The number of aromatic nitrogens is 1. The monoisotopic (exact) mass is 407 g/mol. The summed E-state index contributed by atoms with van der Waals surface area (Å²) in [5.41, 5.74) is 3.87. The SMILES string of the molecule is CC(=O)c1c(C)[nH]c(C(=O)CN2C(=O)N[C@@](C)(c3ccc4c(c3)CCC4)C2=O)c1C. The van der Waals surface area contributed by atoms with Gasteiger partial charge in [-0.2, -0.15) is 0 Å². The number of carbonyl (C=O) groups excluding carboxylic acids is 4. The molecule has 1 atom stereocenters. The number of amides is 3. The first-order valence-corrected chi connectivity index (χ1v) is 10.1. The molecule has 0 unspecified atom stereocenters. The quantitative estimate of drug-likeness (QED) is 0.588. The maximum atomic E-state index is 13.2. The van der Waals surface area contributed by atoms with Crippen LogP contribution in [0, 0.1) is 13.8 Å². The van der Waals surface area contributed by atoms with Crippen LogP contribution in [0.4, 0.5) is 4.79 Å². The summed E-state index contributed by atoms with van der Waals surface area (Å²) in [6, 6.07) is 5.29. The zero-order valence-corrected chi connectivity index (χ0v) is 17.6. The summed E-state index contributed by atoms with van der Waals surface area (Å²) in [6.45, 7) is 6.14. The van der Waals surface area contributed by atoms with Crippen molar-refractivity contribution in [3.8, 4) is 0 Å². The number of aromatic amines is 1. The second-order valence-corrected chi connectivity index (χ2v) is 8.39. The standard InChI is InChI=1S/C23H25N3O4/c1-12-19(14(3)27)13(2)24-20(12)18(28)11-26-21(29)23(4,25-22(26)30)17-9-8-15-6-5-7-16(15)10-17/h8-10,24H,5-7,11H2,1-4H3,(H,25,30)/t23-/m0/s1. The number of urea groups is 1. The van der Waals surface area contributed by atoms with Gasteiger partial charge in [0.2, 0.25) is 0 Å². The van der Waals surface area contributed by atoms with Crippen molar-refractivity contribution < 1.29 is 19.2 Å². The van der Waals surface area contributed by atoms with Gasteiger partial charge in [0, 0.05) is 11.3 Å². The van der Waals surface area contributed by atoms with Crippen molar-refractivity contribution >= 4 is 23.5 Å². The third-order valence-corrected chi connectivity index (χ3v) is 6.32. The second kappa shape index (κ2) is 6.93. The van der Waals surface area contributed by atoms with Gasteiger partial charge in [0.1, 0.15) is 5.54 Å².